The number of hydrogen-bond donors (Lipinski definition) is 1. The highest BCUT2D eigenvalue weighted by Crippen LogP contribution is 2.14. The highest BCUT2D eigenvalue weighted by molar-refractivity contribution is 5.85. The van der Waals surface area contributed by atoms with Crippen LogP contribution in [0.1, 0.15) is 129 Å². The minimum absolute atomic E-state index is 0.483. The normalized spacial score (nSPS) is 11.8. The summed E-state index contributed by atoms with van der Waals surface area (Å²) in [5.41, 5.74) is 0.483. The molecule has 0 radical (unpaired) electrons. The van der Waals surface area contributed by atoms with Crippen LogP contribution in [-0.4, -0.2) is 11.1 Å². The molecule has 0 spiro atoms. The second-order valence-electron chi connectivity index (χ2n) is 7.64. The molecule has 0 aromatic carbocycles. The lowest BCUT2D eigenvalue weighted by Gasteiger charge is -2.03. The zero-order valence-electron chi connectivity index (χ0n) is 17.2. The molecule has 0 atom stereocenters. The maximum atomic E-state index is 10.6. The zero-order valence-corrected chi connectivity index (χ0v) is 17.2. The molecule has 0 aliphatic heterocycles. The predicted molar refractivity (Wildman–Crippen MR) is 110 cm³/mol. The lowest BCUT2D eigenvalue weighted by molar-refractivity contribution is -0.132. The summed E-state index contributed by atoms with van der Waals surface area (Å²) in [6, 6.07) is 0. The third-order valence-corrected chi connectivity index (χ3v) is 5.10. The Bertz CT molecular complexity index is 320. The molecule has 2 heteroatoms. The van der Waals surface area contributed by atoms with Gasteiger partial charge in [0, 0.05) is 5.57 Å². The first-order valence-corrected chi connectivity index (χ1v) is 11.1. The number of rotatable bonds is 19. The van der Waals surface area contributed by atoms with Crippen molar-refractivity contribution >= 4 is 5.97 Å². The van der Waals surface area contributed by atoms with Crippen molar-refractivity contribution in [2.45, 2.75) is 129 Å². The molecule has 0 unspecified atom stereocenters. The largest absolute Gasteiger partial charge is 0.478 e. The summed E-state index contributed by atoms with van der Waals surface area (Å²) in [4.78, 5) is 10.6. The summed E-state index contributed by atoms with van der Waals surface area (Å²) in [7, 11) is 0. The lowest BCUT2D eigenvalue weighted by atomic mass is 10.0. The fraction of sp³-hybridized carbons (Fsp3) is 0.870. The van der Waals surface area contributed by atoms with E-state index < -0.39 is 5.97 Å². The maximum absolute atomic E-state index is 10.6. The Morgan fingerprint density at radius 3 is 1.28 bits per heavy atom. The van der Waals surface area contributed by atoms with E-state index in [0.717, 1.165) is 12.8 Å². The molecule has 0 saturated heterocycles. The second-order valence-corrected chi connectivity index (χ2v) is 7.64. The predicted octanol–water partition coefficient (Wildman–Crippen LogP) is 8.06. The van der Waals surface area contributed by atoms with Crippen LogP contribution in [0.3, 0.4) is 0 Å². The van der Waals surface area contributed by atoms with Gasteiger partial charge in [-0.3, -0.25) is 0 Å². The topological polar surface area (TPSA) is 37.3 Å². The molecule has 0 aliphatic carbocycles. The van der Waals surface area contributed by atoms with E-state index in [1.807, 2.05) is 6.08 Å². The molecule has 148 valence electrons. The van der Waals surface area contributed by atoms with Crippen LogP contribution in [0.5, 0.6) is 0 Å². The van der Waals surface area contributed by atoms with Gasteiger partial charge >= 0.3 is 5.97 Å². The quantitative estimate of drug-likeness (QED) is 0.188. The zero-order chi connectivity index (χ0) is 18.6. The van der Waals surface area contributed by atoms with Crippen LogP contribution in [0, 0.1) is 0 Å². The average Bonchev–Trinajstić information content (AvgIpc) is 2.60. The number of carboxylic acid groups (broad SMARTS) is 1. The van der Waals surface area contributed by atoms with Crippen molar-refractivity contribution in [1.29, 1.82) is 0 Å². The SMILES string of the molecule is CCCCCCCCCCCCCCCCCCCC=C(C)C(=O)O. The fourth-order valence-electron chi connectivity index (χ4n) is 3.28. The van der Waals surface area contributed by atoms with Gasteiger partial charge in [0.05, 0.1) is 0 Å². The van der Waals surface area contributed by atoms with Crippen LogP contribution in [0.4, 0.5) is 0 Å². The number of carbonyl (C=O) groups is 1. The van der Waals surface area contributed by atoms with Gasteiger partial charge in [-0.25, -0.2) is 4.79 Å². The van der Waals surface area contributed by atoms with Gasteiger partial charge in [-0.1, -0.05) is 116 Å². The number of allylic oxidation sites excluding steroid dienone is 1. The molecule has 0 rings (SSSR count). The number of carboxylic acids is 1. The second kappa shape index (κ2) is 19.5. The molecule has 0 aliphatic rings. The highest BCUT2D eigenvalue weighted by Gasteiger charge is 1.98. The Balaban J connectivity index is 3.10. The summed E-state index contributed by atoms with van der Waals surface area (Å²) >= 11 is 0. The van der Waals surface area contributed by atoms with E-state index in [4.69, 9.17) is 5.11 Å². The molecule has 2 nitrogen and oxygen atoms in total. The standard InChI is InChI=1S/C23H44O2/c1-3-4-5-6-7-8-9-10-11-12-13-14-15-16-17-18-19-20-21-22(2)23(24)25/h21H,3-20H2,1-2H3,(H,24,25). The van der Waals surface area contributed by atoms with E-state index in [-0.39, 0.29) is 0 Å². The van der Waals surface area contributed by atoms with Gasteiger partial charge in [-0.2, -0.15) is 0 Å². The first-order chi connectivity index (χ1) is 12.2. The maximum Gasteiger partial charge on any atom is 0.330 e. The van der Waals surface area contributed by atoms with Crippen molar-refractivity contribution in [3.05, 3.63) is 11.6 Å². The molecule has 1 N–H and O–H groups in total. The molecule has 0 fully saturated rings. The number of aliphatic carboxylic acids is 1. The Morgan fingerprint density at radius 2 is 0.960 bits per heavy atom. The summed E-state index contributed by atoms with van der Waals surface area (Å²) < 4.78 is 0. The fourth-order valence-corrected chi connectivity index (χ4v) is 3.28. The van der Waals surface area contributed by atoms with Crippen molar-refractivity contribution in [1.82, 2.24) is 0 Å². The number of hydrogen-bond acceptors (Lipinski definition) is 1. The van der Waals surface area contributed by atoms with Crippen LogP contribution in [-0.2, 0) is 4.79 Å². The Labute approximate surface area is 157 Å². The minimum atomic E-state index is -0.785. The average molecular weight is 353 g/mol. The van der Waals surface area contributed by atoms with E-state index >= 15 is 0 Å². The summed E-state index contributed by atoms with van der Waals surface area (Å²) in [6.45, 7) is 3.96. The van der Waals surface area contributed by atoms with E-state index in [0.29, 0.717) is 5.57 Å². The van der Waals surface area contributed by atoms with Gasteiger partial charge in [0.2, 0.25) is 0 Å². The van der Waals surface area contributed by atoms with Gasteiger partial charge in [0.25, 0.3) is 0 Å². The Morgan fingerprint density at radius 1 is 0.640 bits per heavy atom. The molecule has 0 amide bonds. The van der Waals surface area contributed by atoms with Crippen molar-refractivity contribution < 1.29 is 9.90 Å². The van der Waals surface area contributed by atoms with Crippen LogP contribution in [0.15, 0.2) is 11.6 Å². The third kappa shape index (κ3) is 19.4. The van der Waals surface area contributed by atoms with Crippen LogP contribution in [0.2, 0.25) is 0 Å². The molecule has 0 bridgehead atoms. The van der Waals surface area contributed by atoms with E-state index in [1.54, 1.807) is 6.92 Å². The molecule has 0 saturated carbocycles. The monoisotopic (exact) mass is 352 g/mol. The molecule has 0 heterocycles. The van der Waals surface area contributed by atoms with E-state index in [2.05, 4.69) is 6.92 Å². The molecule has 25 heavy (non-hydrogen) atoms. The molecular formula is C23H44O2. The molecule has 0 aromatic rings. The van der Waals surface area contributed by atoms with Crippen molar-refractivity contribution in [2.75, 3.05) is 0 Å². The molecular weight excluding hydrogens is 308 g/mol. The smallest absolute Gasteiger partial charge is 0.330 e. The van der Waals surface area contributed by atoms with Crippen LogP contribution in [0.25, 0.3) is 0 Å². The highest BCUT2D eigenvalue weighted by atomic mass is 16.4. The third-order valence-electron chi connectivity index (χ3n) is 5.10. The first-order valence-electron chi connectivity index (χ1n) is 11.1. The first kappa shape index (κ1) is 24.2. The Hall–Kier alpha value is -0.790. The van der Waals surface area contributed by atoms with Gasteiger partial charge in [-0.05, 0) is 19.8 Å². The van der Waals surface area contributed by atoms with Gasteiger partial charge in [0.1, 0.15) is 0 Å². The van der Waals surface area contributed by atoms with Crippen LogP contribution < -0.4 is 0 Å². The lowest BCUT2D eigenvalue weighted by Crippen LogP contribution is -1.95. The van der Waals surface area contributed by atoms with Gasteiger partial charge in [0.15, 0.2) is 0 Å². The summed E-state index contributed by atoms with van der Waals surface area (Å²) in [6.07, 6.45) is 26.3. The van der Waals surface area contributed by atoms with Crippen molar-refractivity contribution in [3.8, 4) is 0 Å². The van der Waals surface area contributed by atoms with E-state index in [1.165, 1.54) is 103 Å². The van der Waals surface area contributed by atoms with Crippen molar-refractivity contribution in [2.24, 2.45) is 0 Å². The van der Waals surface area contributed by atoms with Gasteiger partial charge < -0.3 is 5.11 Å². The Kier molecular flexibility index (Phi) is 18.9. The minimum Gasteiger partial charge on any atom is -0.478 e. The van der Waals surface area contributed by atoms with Gasteiger partial charge in [-0.15, -0.1) is 0 Å². The van der Waals surface area contributed by atoms with Crippen LogP contribution >= 0.6 is 0 Å². The summed E-state index contributed by atoms with van der Waals surface area (Å²) in [5.74, 6) is -0.785. The van der Waals surface area contributed by atoms with E-state index in [9.17, 15) is 4.79 Å². The molecule has 0 aromatic heterocycles. The number of unbranched alkanes of at least 4 members (excludes halogenated alkanes) is 17. The summed E-state index contributed by atoms with van der Waals surface area (Å²) in [5, 5.41) is 8.76. The van der Waals surface area contributed by atoms with Crippen molar-refractivity contribution in [3.63, 3.8) is 0 Å².